The van der Waals surface area contributed by atoms with Gasteiger partial charge in [-0.15, -0.1) is 0 Å². The van der Waals surface area contributed by atoms with E-state index < -0.39 is 4.92 Å². The average molecular weight is 424 g/mol. The van der Waals surface area contributed by atoms with Gasteiger partial charge in [-0.25, -0.2) is 0 Å². The maximum Gasteiger partial charge on any atom is 0.269 e. The van der Waals surface area contributed by atoms with E-state index in [2.05, 4.69) is 4.99 Å². The smallest absolute Gasteiger partial charge is 0.269 e. The van der Waals surface area contributed by atoms with Gasteiger partial charge in [0.15, 0.2) is 5.17 Å². The number of thioether (sulfide) groups is 1. The van der Waals surface area contributed by atoms with E-state index in [0.29, 0.717) is 34.1 Å². The van der Waals surface area contributed by atoms with Crippen molar-refractivity contribution in [1.82, 2.24) is 4.90 Å². The summed E-state index contributed by atoms with van der Waals surface area (Å²) in [6.07, 6.45) is 0.166. The van der Waals surface area contributed by atoms with Gasteiger partial charge < -0.3 is 0 Å². The lowest BCUT2D eigenvalue weighted by atomic mass is 10.1. The van der Waals surface area contributed by atoms with Crippen LogP contribution >= 0.6 is 35.0 Å². The standard InChI is InChI=1S/C18H15Cl2N3O3S/c19-14-4-3-13(16(20)10-14)11-27-18-21-7-8-22(18)17(24)9-12-1-5-15(6-2-12)23(25)26/h1-6,10H,7-9,11H2. The molecule has 0 bridgehead atoms. The van der Waals surface area contributed by atoms with Crippen molar-refractivity contribution in [2.24, 2.45) is 4.99 Å². The van der Waals surface area contributed by atoms with Crippen LogP contribution in [0.1, 0.15) is 11.1 Å². The second kappa shape index (κ2) is 8.73. The molecule has 0 unspecified atom stereocenters. The summed E-state index contributed by atoms with van der Waals surface area (Å²) in [4.78, 5) is 28.9. The minimum atomic E-state index is -0.463. The second-order valence-electron chi connectivity index (χ2n) is 5.83. The van der Waals surface area contributed by atoms with Gasteiger partial charge in [-0.3, -0.25) is 24.8 Å². The van der Waals surface area contributed by atoms with Crippen molar-refractivity contribution in [3.05, 3.63) is 73.8 Å². The fourth-order valence-electron chi connectivity index (χ4n) is 2.57. The Hall–Kier alpha value is -2.09. The number of amides is 1. The summed E-state index contributed by atoms with van der Waals surface area (Å²) < 4.78 is 0. The first-order valence-electron chi connectivity index (χ1n) is 8.09. The Bertz CT molecular complexity index is 903. The molecule has 0 saturated carbocycles. The van der Waals surface area contributed by atoms with Crippen LogP contribution in [0.2, 0.25) is 10.0 Å². The maximum atomic E-state index is 12.6. The number of amidine groups is 1. The van der Waals surface area contributed by atoms with Crippen molar-refractivity contribution in [2.45, 2.75) is 12.2 Å². The number of non-ortho nitro benzene ring substituents is 1. The van der Waals surface area contributed by atoms with E-state index in [9.17, 15) is 14.9 Å². The average Bonchev–Trinajstić information content (AvgIpc) is 3.10. The van der Waals surface area contributed by atoms with Crippen LogP contribution in [0.15, 0.2) is 47.5 Å². The third-order valence-corrected chi connectivity index (χ3v) is 5.63. The molecule has 3 rings (SSSR count). The molecule has 9 heteroatoms. The molecule has 1 heterocycles. The first kappa shape index (κ1) is 19.7. The number of aliphatic imine (C=N–C) groups is 1. The fraction of sp³-hybridized carbons (Fsp3) is 0.222. The number of hydrogen-bond donors (Lipinski definition) is 0. The summed E-state index contributed by atoms with van der Waals surface area (Å²) in [6, 6.07) is 11.3. The number of carbonyl (C=O) groups is 1. The normalized spacial score (nSPS) is 13.6. The van der Waals surface area contributed by atoms with Gasteiger partial charge in [-0.05, 0) is 23.3 Å². The molecule has 0 aromatic heterocycles. The third kappa shape index (κ3) is 5.00. The largest absolute Gasteiger partial charge is 0.289 e. The number of benzene rings is 2. The predicted molar refractivity (Wildman–Crippen MR) is 109 cm³/mol. The highest BCUT2D eigenvalue weighted by atomic mass is 35.5. The molecule has 0 saturated heterocycles. The van der Waals surface area contributed by atoms with Crippen molar-refractivity contribution in [1.29, 1.82) is 0 Å². The van der Waals surface area contributed by atoms with Crippen LogP contribution in [0, 0.1) is 10.1 Å². The molecular formula is C18H15Cl2N3O3S. The summed E-state index contributed by atoms with van der Waals surface area (Å²) in [5.74, 6) is 0.491. The minimum Gasteiger partial charge on any atom is -0.289 e. The second-order valence-corrected chi connectivity index (χ2v) is 7.62. The van der Waals surface area contributed by atoms with Crippen LogP contribution in [0.5, 0.6) is 0 Å². The van der Waals surface area contributed by atoms with Gasteiger partial charge in [0.25, 0.3) is 5.69 Å². The van der Waals surface area contributed by atoms with E-state index in [0.717, 1.165) is 11.1 Å². The molecule has 1 amide bonds. The van der Waals surface area contributed by atoms with Crippen LogP contribution in [0.4, 0.5) is 5.69 Å². The summed E-state index contributed by atoms with van der Waals surface area (Å²) in [6.45, 7) is 1.09. The number of rotatable bonds is 5. The zero-order valence-electron chi connectivity index (χ0n) is 14.1. The highest BCUT2D eigenvalue weighted by Gasteiger charge is 2.24. The van der Waals surface area contributed by atoms with Gasteiger partial charge >= 0.3 is 0 Å². The lowest BCUT2D eigenvalue weighted by molar-refractivity contribution is -0.384. The number of halogens is 2. The highest BCUT2D eigenvalue weighted by molar-refractivity contribution is 8.13. The van der Waals surface area contributed by atoms with Crippen LogP contribution in [-0.4, -0.2) is 34.0 Å². The molecular weight excluding hydrogens is 409 g/mol. The Labute approximate surface area is 170 Å². The number of carbonyl (C=O) groups excluding carboxylic acids is 1. The molecule has 0 N–H and O–H groups in total. The molecule has 0 fully saturated rings. The van der Waals surface area contributed by atoms with Crippen molar-refractivity contribution < 1.29 is 9.72 Å². The van der Waals surface area contributed by atoms with Crippen molar-refractivity contribution in [3.63, 3.8) is 0 Å². The van der Waals surface area contributed by atoms with Crippen molar-refractivity contribution in [2.75, 3.05) is 13.1 Å². The Morgan fingerprint density at radius 2 is 1.96 bits per heavy atom. The van der Waals surface area contributed by atoms with Crippen molar-refractivity contribution >= 4 is 51.7 Å². The molecule has 0 aliphatic carbocycles. The molecule has 27 heavy (non-hydrogen) atoms. The highest BCUT2D eigenvalue weighted by Crippen LogP contribution is 2.27. The van der Waals surface area contributed by atoms with Crippen molar-refractivity contribution in [3.8, 4) is 0 Å². The van der Waals surface area contributed by atoms with Gasteiger partial charge in [0.2, 0.25) is 5.91 Å². The van der Waals surface area contributed by atoms with Crippen LogP contribution in [0.3, 0.4) is 0 Å². The number of nitrogens with zero attached hydrogens (tertiary/aromatic N) is 3. The van der Waals surface area contributed by atoms with Gasteiger partial charge in [-0.2, -0.15) is 0 Å². The Balaban J connectivity index is 1.61. The molecule has 140 valence electrons. The van der Waals surface area contributed by atoms with Gasteiger partial charge in [-0.1, -0.05) is 53.2 Å². The Morgan fingerprint density at radius 3 is 2.63 bits per heavy atom. The van der Waals surface area contributed by atoms with Gasteiger partial charge in [0.05, 0.1) is 17.9 Å². The molecule has 1 aliphatic heterocycles. The quantitative estimate of drug-likeness (QED) is 0.520. The van der Waals surface area contributed by atoms with E-state index in [1.54, 1.807) is 29.2 Å². The minimum absolute atomic E-state index is 0.00465. The Morgan fingerprint density at radius 1 is 1.22 bits per heavy atom. The van der Waals surface area contributed by atoms with Crippen LogP contribution in [0.25, 0.3) is 0 Å². The lowest BCUT2D eigenvalue weighted by Gasteiger charge is -2.18. The van der Waals surface area contributed by atoms with Crippen LogP contribution < -0.4 is 0 Å². The maximum absolute atomic E-state index is 12.6. The van der Waals surface area contributed by atoms with Gasteiger partial charge in [0.1, 0.15) is 0 Å². The molecule has 0 radical (unpaired) electrons. The molecule has 2 aromatic rings. The number of hydrogen-bond acceptors (Lipinski definition) is 5. The monoisotopic (exact) mass is 423 g/mol. The fourth-order valence-corrected chi connectivity index (χ4v) is 4.19. The molecule has 6 nitrogen and oxygen atoms in total. The summed E-state index contributed by atoms with van der Waals surface area (Å²) in [7, 11) is 0. The molecule has 0 atom stereocenters. The van der Waals surface area contributed by atoms with E-state index >= 15 is 0 Å². The first-order valence-corrected chi connectivity index (χ1v) is 9.83. The SMILES string of the molecule is O=C(Cc1ccc([N+](=O)[O-])cc1)N1CCN=C1SCc1ccc(Cl)cc1Cl. The summed E-state index contributed by atoms with van der Waals surface area (Å²) in [5, 5.41) is 12.5. The molecule has 2 aromatic carbocycles. The number of nitro benzene ring substituents is 1. The predicted octanol–water partition coefficient (Wildman–Crippen LogP) is 4.58. The zero-order chi connectivity index (χ0) is 19.4. The molecule has 0 spiro atoms. The first-order chi connectivity index (χ1) is 12.9. The van der Waals surface area contributed by atoms with E-state index in [-0.39, 0.29) is 18.0 Å². The van der Waals surface area contributed by atoms with E-state index in [1.807, 2.05) is 6.07 Å². The van der Waals surface area contributed by atoms with E-state index in [4.69, 9.17) is 23.2 Å². The van der Waals surface area contributed by atoms with Gasteiger partial charge in [0, 0.05) is 34.5 Å². The lowest BCUT2D eigenvalue weighted by Crippen LogP contribution is -2.34. The topological polar surface area (TPSA) is 75.8 Å². The van der Waals surface area contributed by atoms with E-state index in [1.165, 1.54) is 23.9 Å². The third-order valence-electron chi connectivity index (χ3n) is 3.98. The Kier molecular flexibility index (Phi) is 6.36. The zero-order valence-corrected chi connectivity index (χ0v) is 16.4. The summed E-state index contributed by atoms with van der Waals surface area (Å²) >= 11 is 13.5. The molecule has 1 aliphatic rings. The van der Waals surface area contributed by atoms with Crippen LogP contribution in [-0.2, 0) is 17.0 Å². The number of nitro groups is 1. The summed E-state index contributed by atoms with van der Waals surface area (Å²) in [5.41, 5.74) is 1.65.